The highest BCUT2D eigenvalue weighted by Crippen LogP contribution is 2.31. The van der Waals surface area contributed by atoms with E-state index < -0.39 is 5.97 Å². The third-order valence-corrected chi connectivity index (χ3v) is 4.35. The Morgan fingerprint density at radius 2 is 1.86 bits per heavy atom. The lowest BCUT2D eigenvalue weighted by molar-refractivity contribution is -0.134. The van der Waals surface area contributed by atoms with Crippen molar-refractivity contribution in [2.75, 3.05) is 33.5 Å². The maximum Gasteiger partial charge on any atom is 0.338 e. The summed E-state index contributed by atoms with van der Waals surface area (Å²) in [6.07, 6.45) is 0. The normalized spacial score (nSPS) is 12.2. The van der Waals surface area contributed by atoms with Crippen LogP contribution < -0.4 is 14.2 Å². The average molecular weight is 385 g/mol. The second-order valence-corrected chi connectivity index (χ2v) is 6.19. The monoisotopic (exact) mass is 385 g/mol. The average Bonchev–Trinajstić information content (AvgIpc) is 2.75. The molecule has 0 radical (unpaired) electrons. The van der Waals surface area contributed by atoms with Gasteiger partial charge in [-0.15, -0.1) is 0 Å². The van der Waals surface area contributed by atoms with Crippen molar-refractivity contribution < 1.29 is 28.5 Å². The zero-order chi connectivity index (χ0) is 19.9. The van der Waals surface area contributed by atoms with Gasteiger partial charge in [0.2, 0.25) is 0 Å². The van der Waals surface area contributed by atoms with Crippen LogP contribution in [0.15, 0.2) is 42.5 Å². The summed E-state index contributed by atoms with van der Waals surface area (Å²) in [5.74, 6) is 1.10. The molecule has 28 heavy (non-hydrogen) atoms. The molecule has 0 saturated heterocycles. The number of benzene rings is 2. The first kappa shape index (κ1) is 19.5. The minimum Gasteiger partial charge on any atom is -0.497 e. The molecule has 2 aromatic rings. The predicted molar refractivity (Wildman–Crippen MR) is 102 cm³/mol. The number of methoxy groups -OCH3 is 1. The van der Waals surface area contributed by atoms with Gasteiger partial charge in [0.15, 0.2) is 18.1 Å². The summed E-state index contributed by atoms with van der Waals surface area (Å²) < 4.78 is 21.3. The number of carbonyl (C=O) groups is 2. The Hall–Kier alpha value is -3.22. The molecular weight excluding hydrogens is 362 g/mol. The lowest BCUT2D eigenvalue weighted by atomic mass is 10.1. The molecule has 1 amide bonds. The number of ether oxygens (including phenoxy) is 4. The van der Waals surface area contributed by atoms with E-state index in [9.17, 15) is 9.59 Å². The van der Waals surface area contributed by atoms with E-state index >= 15 is 0 Å². The van der Waals surface area contributed by atoms with Crippen molar-refractivity contribution in [3.63, 3.8) is 0 Å². The number of hydrogen-bond acceptors (Lipinski definition) is 6. The highest BCUT2D eigenvalue weighted by Gasteiger charge is 2.18. The first-order valence-corrected chi connectivity index (χ1v) is 9.08. The van der Waals surface area contributed by atoms with E-state index in [2.05, 4.69) is 0 Å². The smallest absolute Gasteiger partial charge is 0.338 e. The predicted octanol–water partition coefficient (Wildman–Crippen LogP) is 2.67. The van der Waals surface area contributed by atoms with E-state index in [0.717, 1.165) is 5.56 Å². The second kappa shape index (κ2) is 9.12. The van der Waals surface area contributed by atoms with Crippen molar-refractivity contribution in [2.24, 2.45) is 0 Å². The molecule has 0 fully saturated rings. The summed E-state index contributed by atoms with van der Waals surface area (Å²) in [6.45, 7) is 3.47. The molecule has 1 heterocycles. The Balaban J connectivity index is 1.58. The minimum absolute atomic E-state index is 0.270. The van der Waals surface area contributed by atoms with Crippen LogP contribution >= 0.6 is 0 Å². The van der Waals surface area contributed by atoms with E-state index in [1.807, 2.05) is 25.1 Å². The summed E-state index contributed by atoms with van der Waals surface area (Å²) in [5, 5.41) is 0. The van der Waals surface area contributed by atoms with E-state index in [1.165, 1.54) is 7.11 Å². The van der Waals surface area contributed by atoms with Crippen LogP contribution in [0.1, 0.15) is 22.8 Å². The molecular formula is C21H23NO6. The molecule has 0 N–H and O–H groups in total. The van der Waals surface area contributed by atoms with Crippen molar-refractivity contribution in [1.29, 1.82) is 0 Å². The number of nitrogens with zero attached hydrogens (tertiary/aromatic N) is 1. The van der Waals surface area contributed by atoms with Gasteiger partial charge in [0.25, 0.3) is 5.91 Å². The van der Waals surface area contributed by atoms with Gasteiger partial charge in [-0.05, 0) is 42.8 Å². The number of hydrogen-bond donors (Lipinski definition) is 0. The second-order valence-electron chi connectivity index (χ2n) is 6.19. The summed E-state index contributed by atoms with van der Waals surface area (Å²) >= 11 is 0. The fraction of sp³-hybridized carbons (Fsp3) is 0.333. The first-order chi connectivity index (χ1) is 13.6. The lowest BCUT2D eigenvalue weighted by Gasteiger charge is -2.23. The van der Waals surface area contributed by atoms with Gasteiger partial charge >= 0.3 is 5.97 Å². The van der Waals surface area contributed by atoms with E-state index in [0.29, 0.717) is 49.1 Å². The van der Waals surface area contributed by atoms with Gasteiger partial charge in [-0.25, -0.2) is 4.79 Å². The molecule has 0 aliphatic carbocycles. The van der Waals surface area contributed by atoms with Gasteiger partial charge in [0.1, 0.15) is 19.0 Å². The molecule has 148 valence electrons. The highest BCUT2D eigenvalue weighted by molar-refractivity contribution is 5.91. The number of fused-ring (bicyclic) bond motifs is 1. The van der Waals surface area contributed by atoms with Crippen LogP contribution in [-0.4, -0.2) is 50.3 Å². The topological polar surface area (TPSA) is 74.3 Å². The minimum atomic E-state index is -0.567. The number of likely N-dealkylation sites (N-methyl/N-ethyl adjacent to an activating group) is 1. The van der Waals surface area contributed by atoms with Crippen LogP contribution in [0, 0.1) is 0 Å². The SMILES string of the molecule is CCN(Cc1ccc2c(c1)OCCO2)C(=O)COC(=O)c1cccc(OC)c1. The van der Waals surface area contributed by atoms with Crippen molar-refractivity contribution in [3.8, 4) is 17.2 Å². The number of rotatable bonds is 7. The molecule has 0 bridgehead atoms. The highest BCUT2D eigenvalue weighted by atomic mass is 16.6. The molecule has 0 spiro atoms. The van der Waals surface area contributed by atoms with E-state index in [-0.39, 0.29) is 12.5 Å². The van der Waals surface area contributed by atoms with Crippen LogP contribution in [0.4, 0.5) is 0 Å². The van der Waals surface area contributed by atoms with Crippen LogP contribution in [0.2, 0.25) is 0 Å². The maximum atomic E-state index is 12.5. The molecule has 1 aliphatic rings. The first-order valence-electron chi connectivity index (χ1n) is 9.08. The van der Waals surface area contributed by atoms with Gasteiger partial charge in [-0.2, -0.15) is 0 Å². The summed E-state index contributed by atoms with van der Waals surface area (Å²) in [4.78, 5) is 26.3. The molecule has 0 unspecified atom stereocenters. The number of esters is 1. The van der Waals surface area contributed by atoms with E-state index in [4.69, 9.17) is 18.9 Å². The van der Waals surface area contributed by atoms with Gasteiger partial charge in [0, 0.05) is 13.1 Å². The molecule has 3 rings (SSSR count). The zero-order valence-electron chi connectivity index (χ0n) is 16.0. The molecule has 0 saturated carbocycles. The van der Waals surface area contributed by atoms with Crippen molar-refractivity contribution >= 4 is 11.9 Å². The summed E-state index contributed by atoms with van der Waals surface area (Å²) in [7, 11) is 1.52. The lowest BCUT2D eigenvalue weighted by Crippen LogP contribution is -2.34. The molecule has 2 aromatic carbocycles. The van der Waals surface area contributed by atoms with Crippen LogP contribution in [0.3, 0.4) is 0 Å². The van der Waals surface area contributed by atoms with Gasteiger partial charge < -0.3 is 23.8 Å². The van der Waals surface area contributed by atoms with Crippen LogP contribution in [0.5, 0.6) is 17.2 Å². The van der Waals surface area contributed by atoms with Gasteiger partial charge in [-0.3, -0.25) is 4.79 Å². The summed E-state index contributed by atoms with van der Waals surface area (Å²) in [5.41, 5.74) is 1.25. The van der Waals surface area contributed by atoms with Crippen molar-refractivity contribution in [3.05, 3.63) is 53.6 Å². The largest absolute Gasteiger partial charge is 0.497 e. The molecule has 0 atom stereocenters. The number of carbonyl (C=O) groups excluding carboxylic acids is 2. The molecule has 0 aromatic heterocycles. The van der Waals surface area contributed by atoms with Gasteiger partial charge in [-0.1, -0.05) is 12.1 Å². The molecule has 7 nitrogen and oxygen atoms in total. The van der Waals surface area contributed by atoms with E-state index in [1.54, 1.807) is 29.2 Å². The Morgan fingerprint density at radius 3 is 2.61 bits per heavy atom. The zero-order valence-corrected chi connectivity index (χ0v) is 16.0. The fourth-order valence-electron chi connectivity index (χ4n) is 2.83. The summed E-state index contributed by atoms with van der Waals surface area (Å²) in [6, 6.07) is 12.2. The Bertz CT molecular complexity index is 851. The number of amides is 1. The van der Waals surface area contributed by atoms with Crippen molar-refractivity contribution in [1.82, 2.24) is 4.90 Å². The standard InChI is InChI=1S/C21H23NO6/c1-3-22(13-15-7-8-18-19(11-15)27-10-9-26-18)20(23)14-28-21(24)16-5-4-6-17(12-16)25-2/h4-8,11-12H,3,9-10,13-14H2,1-2H3. The Labute approximate surface area is 163 Å². The quantitative estimate of drug-likeness (QED) is 0.682. The van der Waals surface area contributed by atoms with Crippen molar-refractivity contribution in [2.45, 2.75) is 13.5 Å². The third kappa shape index (κ3) is 4.73. The third-order valence-electron chi connectivity index (χ3n) is 4.35. The van der Waals surface area contributed by atoms with Crippen LogP contribution in [0.25, 0.3) is 0 Å². The van der Waals surface area contributed by atoms with Crippen LogP contribution in [-0.2, 0) is 16.1 Å². The fourth-order valence-corrected chi connectivity index (χ4v) is 2.83. The Kier molecular flexibility index (Phi) is 6.37. The maximum absolute atomic E-state index is 12.5. The van der Waals surface area contributed by atoms with Gasteiger partial charge in [0.05, 0.1) is 12.7 Å². The molecule has 1 aliphatic heterocycles. The Morgan fingerprint density at radius 1 is 1.07 bits per heavy atom. The molecule has 7 heteroatoms.